The van der Waals surface area contributed by atoms with Gasteiger partial charge in [0.15, 0.2) is 0 Å². The monoisotopic (exact) mass is 360 g/mol. The predicted octanol–water partition coefficient (Wildman–Crippen LogP) is 3.22. The molecule has 5 nitrogen and oxygen atoms in total. The van der Waals surface area contributed by atoms with E-state index >= 15 is 0 Å². The molecule has 1 N–H and O–H groups in total. The van der Waals surface area contributed by atoms with Gasteiger partial charge < -0.3 is 10.2 Å². The van der Waals surface area contributed by atoms with E-state index in [0.29, 0.717) is 17.1 Å². The summed E-state index contributed by atoms with van der Waals surface area (Å²) in [5, 5.41) is 15.5. The Kier molecular flexibility index (Phi) is 4.48. The maximum Gasteiger partial charge on any atom is 0.217 e. The van der Waals surface area contributed by atoms with Crippen LogP contribution in [0.1, 0.15) is 29.6 Å². The number of hydrogen-bond donors (Lipinski definition) is 1. The molecule has 7 heteroatoms. The van der Waals surface area contributed by atoms with E-state index in [1.165, 1.54) is 6.92 Å². The molecule has 24 heavy (non-hydrogen) atoms. The average molecular weight is 361 g/mol. The third-order valence-corrected chi connectivity index (χ3v) is 5.63. The van der Waals surface area contributed by atoms with Gasteiger partial charge in [0.25, 0.3) is 0 Å². The fraction of sp³-hybridized carbons (Fsp3) is 0.353. The van der Waals surface area contributed by atoms with Crippen LogP contribution in [0.15, 0.2) is 23.6 Å². The Bertz CT molecular complexity index is 828. The average Bonchev–Trinajstić information content (AvgIpc) is 3.14. The summed E-state index contributed by atoms with van der Waals surface area (Å²) in [5.74, 6) is -0.0671. The van der Waals surface area contributed by atoms with Crippen LogP contribution >= 0.6 is 22.9 Å². The van der Waals surface area contributed by atoms with Crippen LogP contribution in [0.25, 0.3) is 0 Å². The summed E-state index contributed by atoms with van der Waals surface area (Å²) in [6.45, 7) is 4.89. The van der Waals surface area contributed by atoms with Crippen molar-refractivity contribution in [2.24, 2.45) is 0 Å². The quantitative estimate of drug-likeness (QED) is 0.912. The van der Waals surface area contributed by atoms with Gasteiger partial charge in [-0.15, -0.1) is 11.3 Å². The molecule has 1 saturated heterocycles. The zero-order chi connectivity index (χ0) is 17.3. The Morgan fingerprint density at radius 3 is 2.92 bits per heavy atom. The zero-order valence-corrected chi connectivity index (χ0v) is 15.0. The van der Waals surface area contributed by atoms with E-state index in [-0.39, 0.29) is 5.91 Å². The van der Waals surface area contributed by atoms with Crippen LogP contribution in [0.4, 0.5) is 5.69 Å². The van der Waals surface area contributed by atoms with Crippen molar-refractivity contribution in [3.8, 4) is 6.07 Å². The molecule has 3 rings (SSSR count). The number of thiazole rings is 1. The van der Waals surface area contributed by atoms with Crippen LogP contribution in [0.3, 0.4) is 0 Å². The Hall–Kier alpha value is -2.10. The van der Waals surface area contributed by atoms with Gasteiger partial charge in [-0.1, -0.05) is 11.6 Å². The Morgan fingerprint density at radius 2 is 2.33 bits per heavy atom. The van der Waals surface area contributed by atoms with E-state index in [4.69, 9.17) is 16.9 Å². The van der Waals surface area contributed by atoms with Crippen LogP contribution in [-0.2, 0) is 10.3 Å². The van der Waals surface area contributed by atoms with Crippen molar-refractivity contribution >= 4 is 34.5 Å². The number of carbonyl (C=O) groups excluding carboxylic acids is 1. The maximum absolute atomic E-state index is 11.8. The highest BCUT2D eigenvalue weighted by atomic mass is 35.5. The molecule has 1 atom stereocenters. The first kappa shape index (κ1) is 16.7. The molecule has 2 heterocycles. The third kappa shape index (κ3) is 3.10. The lowest BCUT2D eigenvalue weighted by Crippen LogP contribution is -2.47. The molecule has 0 aliphatic carbocycles. The number of nitrogens with zero attached hydrogens (tertiary/aromatic N) is 3. The number of amides is 1. The number of aryl methyl sites for hydroxylation is 1. The first-order valence-corrected chi connectivity index (χ1v) is 8.85. The predicted molar refractivity (Wildman–Crippen MR) is 95.3 cm³/mol. The second-order valence-corrected chi connectivity index (χ2v) is 7.27. The van der Waals surface area contributed by atoms with Crippen LogP contribution in [0.2, 0.25) is 5.02 Å². The fourth-order valence-electron chi connectivity index (χ4n) is 3.06. The molecule has 1 aliphatic heterocycles. The normalized spacial score (nSPS) is 20.0. The van der Waals surface area contributed by atoms with Crippen molar-refractivity contribution in [3.63, 3.8) is 0 Å². The number of aromatic nitrogens is 1. The Labute approximate surface area is 149 Å². The summed E-state index contributed by atoms with van der Waals surface area (Å²) in [6.07, 6.45) is 0.775. The number of nitrogens with one attached hydrogen (secondary N) is 1. The van der Waals surface area contributed by atoms with Crippen molar-refractivity contribution < 1.29 is 4.79 Å². The minimum absolute atomic E-state index is 0.0671. The molecule has 1 unspecified atom stereocenters. The minimum Gasteiger partial charge on any atom is -0.369 e. The van der Waals surface area contributed by atoms with E-state index in [2.05, 4.69) is 21.3 Å². The van der Waals surface area contributed by atoms with Crippen molar-refractivity contribution in [2.75, 3.05) is 18.0 Å². The van der Waals surface area contributed by atoms with Crippen molar-refractivity contribution in [3.05, 3.63) is 44.9 Å². The lowest BCUT2D eigenvalue weighted by Gasteiger charge is -2.28. The second kappa shape index (κ2) is 6.42. The van der Waals surface area contributed by atoms with Gasteiger partial charge in [-0.2, -0.15) is 5.26 Å². The highest BCUT2D eigenvalue weighted by Crippen LogP contribution is 2.37. The lowest BCUT2D eigenvalue weighted by atomic mass is 9.99. The number of halogens is 1. The SMILES string of the molecule is CC(=O)NC1(c2nc(C)cs2)CCN(c2ccc(C#N)c(Cl)c2)C1. The molecule has 1 fully saturated rings. The zero-order valence-electron chi connectivity index (χ0n) is 13.5. The van der Waals surface area contributed by atoms with Crippen LogP contribution in [0, 0.1) is 18.3 Å². The number of hydrogen-bond acceptors (Lipinski definition) is 5. The van der Waals surface area contributed by atoms with Gasteiger partial charge in [0.2, 0.25) is 5.91 Å². The summed E-state index contributed by atoms with van der Waals surface area (Å²) < 4.78 is 0. The number of nitriles is 1. The Balaban J connectivity index is 1.91. The van der Waals surface area contributed by atoms with E-state index in [9.17, 15) is 4.79 Å². The molecule has 0 bridgehead atoms. The van der Waals surface area contributed by atoms with E-state index in [0.717, 1.165) is 29.4 Å². The number of benzene rings is 1. The minimum atomic E-state index is -0.481. The summed E-state index contributed by atoms with van der Waals surface area (Å²) in [5.41, 5.74) is 1.88. The molecule has 124 valence electrons. The molecule has 0 radical (unpaired) electrons. The van der Waals surface area contributed by atoms with Gasteiger partial charge >= 0.3 is 0 Å². The summed E-state index contributed by atoms with van der Waals surface area (Å²) in [4.78, 5) is 18.5. The van der Waals surface area contributed by atoms with Crippen LogP contribution < -0.4 is 10.2 Å². The van der Waals surface area contributed by atoms with Gasteiger partial charge in [0, 0.05) is 36.8 Å². The molecule has 0 saturated carbocycles. The second-order valence-electron chi connectivity index (χ2n) is 6.00. The maximum atomic E-state index is 11.8. The number of rotatable bonds is 3. The number of carbonyl (C=O) groups is 1. The van der Waals surface area contributed by atoms with Crippen molar-refractivity contribution in [2.45, 2.75) is 25.8 Å². The topological polar surface area (TPSA) is 69.0 Å². The van der Waals surface area contributed by atoms with Gasteiger partial charge in [0.1, 0.15) is 16.6 Å². The molecular weight excluding hydrogens is 344 g/mol. The molecule has 2 aromatic rings. The van der Waals surface area contributed by atoms with E-state index in [1.54, 1.807) is 23.5 Å². The molecule has 1 aliphatic rings. The molecule has 1 amide bonds. The Morgan fingerprint density at radius 1 is 1.54 bits per heavy atom. The van der Waals surface area contributed by atoms with Gasteiger partial charge in [-0.3, -0.25) is 4.79 Å². The third-order valence-electron chi connectivity index (χ3n) is 4.15. The fourth-order valence-corrected chi connectivity index (χ4v) is 4.25. The van der Waals surface area contributed by atoms with Crippen molar-refractivity contribution in [1.82, 2.24) is 10.3 Å². The standard InChI is InChI=1S/C17H17ClN4OS/c1-11-9-24-16(20-11)17(21-12(2)23)5-6-22(10-17)14-4-3-13(8-19)15(18)7-14/h3-4,7,9H,5-6,10H2,1-2H3,(H,21,23). The first-order valence-electron chi connectivity index (χ1n) is 7.59. The molecule has 1 aromatic carbocycles. The molecular formula is C17H17ClN4OS. The highest BCUT2D eigenvalue weighted by Gasteiger charge is 2.43. The molecule has 1 aromatic heterocycles. The largest absolute Gasteiger partial charge is 0.369 e. The van der Waals surface area contributed by atoms with E-state index < -0.39 is 5.54 Å². The smallest absolute Gasteiger partial charge is 0.217 e. The van der Waals surface area contributed by atoms with E-state index in [1.807, 2.05) is 18.4 Å². The van der Waals surface area contributed by atoms with Gasteiger partial charge in [-0.05, 0) is 31.5 Å². The summed E-state index contributed by atoms with van der Waals surface area (Å²) in [6, 6.07) is 7.49. The van der Waals surface area contributed by atoms with Gasteiger partial charge in [-0.25, -0.2) is 4.98 Å². The van der Waals surface area contributed by atoms with Crippen LogP contribution in [0.5, 0.6) is 0 Å². The molecule has 0 spiro atoms. The number of anilines is 1. The van der Waals surface area contributed by atoms with Gasteiger partial charge in [0.05, 0.1) is 10.6 Å². The van der Waals surface area contributed by atoms with Crippen LogP contribution in [-0.4, -0.2) is 24.0 Å². The summed E-state index contributed by atoms with van der Waals surface area (Å²) >= 11 is 7.73. The van der Waals surface area contributed by atoms with Crippen molar-refractivity contribution in [1.29, 1.82) is 5.26 Å². The first-order chi connectivity index (χ1) is 11.4. The highest BCUT2D eigenvalue weighted by molar-refractivity contribution is 7.09. The lowest BCUT2D eigenvalue weighted by molar-refractivity contribution is -0.120. The summed E-state index contributed by atoms with van der Waals surface area (Å²) in [7, 11) is 0.